The molecule has 5 heteroatoms. The highest BCUT2D eigenvalue weighted by Gasteiger charge is 2.18. The lowest BCUT2D eigenvalue weighted by Gasteiger charge is -2.13. The summed E-state index contributed by atoms with van der Waals surface area (Å²) in [6, 6.07) is 11.9. The van der Waals surface area contributed by atoms with Gasteiger partial charge in [0.15, 0.2) is 6.10 Å². The molecule has 2 atom stereocenters. The molecular formula is C14H15NO4. The molecule has 0 spiro atoms. The van der Waals surface area contributed by atoms with Crippen LogP contribution in [0.3, 0.4) is 0 Å². The number of nitrogens with one attached hydrogen (secondary N) is 1. The van der Waals surface area contributed by atoms with Crippen molar-refractivity contribution in [2.75, 3.05) is 6.54 Å². The van der Waals surface area contributed by atoms with Crippen LogP contribution in [0.5, 0.6) is 0 Å². The summed E-state index contributed by atoms with van der Waals surface area (Å²) in [4.78, 5) is 11.7. The number of rotatable bonds is 5. The Bertz CT molecular complexity index is 510. The van der Waals surface area contributed by atoms with Crippen LogP contribution in [0.4, 0.5) is 0 Å². The van der Waals surface area contributed by atoms with E-state index in [9.17, 15) is 15.0 Å². The average Bonchev–Trinajstić information content (AvgIpc) is 2.98. The van der Waals surface area contributed by atoms with Gasteiger partial charge in [0.1, 0.15) is 11.9 Å². The summed E-state index contributed by atoms with van der Waals surface area (Å²) in [7, 11) is 0. The number of carbonyl (C=O) groups excluding carboxylic acids is 1. The van der Waals surface area contributed by atoms with E-state index in [1.807, 2.05) is 0 Å². The summed E-state index contributed by atoms with van der Waals surface area (Å²) in [6.45, 7) is -0.0176. The molecule has 100 valence electrons. The van der Waals surface area contributed by atoms with Crippen molar-refractivity contribution in [1.82, 2.24) is 5.32 Å². The molecule has 0 aliphatic heterocycles. The van der Waals surface area contributed by atoms with Gasteiger partial charge in [-0.05, 0) is 17.7 Å². The van der Waals surface area contributed by atoms with E-state index in [1.54, 1.807) is 42.5 Å². The Hall–Kier alpha value is -2.11. The highest BCUT2D eigenvalue weighted by molar-refractivity contribution is 5.81. The minimum Gasteiger partial charge on any atom is -0.467 e. The molecular weight excluding hydrogens is 246 g/mol. The Morgan fingerprint density at radius 3 is 2.53 bits per heavy atom. The second-order valence-electron chi connectivity index (χ2n) is 4.09. The average molecular weight is 261 g/mol. The molecule has 1 unspecified atom stereocenters. The van der Waals surface area contributed by atoms with E-state index in [4.69, 9.17) is 4.42 Å². The fourth-order valence-corrected chi connectivity index (χ4v) is 1.66. The van der Waals surface area contributed by atoms with Crippen molar-refractivity contribution in [3.63, 3.8) is 0 Å². The second kappa shape index (κ2) is 6.17. The maximum atomic E-state index is 11.7. The van der Waals surface area contributed by atoms with Crippen LogP contribution in [-0.2, 0) is 4.79 Å². The zero-order valence-electron chi connectivity index (χ0n) is 10.2. The lowest BCUT2D eigenvalue weighted by molar-refractivity contribution is -0.130. The number of benzene rings is 1. The standard InChI is InChI=1S/C14H15NO4/c16-11(12-7-4-8-19-12)9-15-14(18)13(17)10-5-2-1-3-6-10/h1-8,11,13,16-17H,9H2,(H,15,18)/t11?,13-/m0/s1. The van der Waals surface area contributed by atoms with Crippen LogP contribution in [0.15, 0.2) is 53.1 Å². The first-order chi connectivity index (χ1) is 9.18. The van der Waals surface area contributed by atoms with Gasteiger partial charge in [0.25, 0.3) is 5.91 Å². The molecule has 0 aliphatic carbocycles. The fourth-order valence-electron chi connectivity index (χ4n) is 1.66. The smallest absolute Gasteiger partial charge is 0.253 e. The lowest BCUT2D eigenvalue weighted by Crippen LogP contribution is -2.32. The maximum Gasteiger partial charge on any atom is 0.253 e. The third-order valence-electron chi connectivity index (χ3n) is 2.70. The van der Waals surface area contributed by atoms with Crippen LogP contribution < -0.4 is 5.32 Å². The quantitative estimate of drug-likeness (QED) is 0.754. The molecule has 1 aromatic carbocycles. The van der Waals surface area contributed by atoms with Crippen molar-refractivity contribution in [1.29, 1.82) is 0 Å². The highest BCUT2D eigenvalue weighted by Crippen LogP contribution is 2.14. The number of hydrogen-bond acceptors (Lipinski definition) is 4. The Labute approximate surface area is 110 Å². The van der Waals surface area contributed by atoms with Crippen molar-refractivity contribution in [2.45, 2.75) is 12.2 Å². The Balaban J connectivity index is 1.88. The van der Waals surface area contributed by atoms with Crippen LogP contribution in [0.1, 0.15) is 23.5 Å². The van der Waals surface area contributed by atoms with E-state index in [-0.39, 0.29) is 6.54 Å². The van der Waals surface area contributed by atoms with Gasteiger partial charge < -0.3 is 19.9 Å². The molecule has 19 heavy (non-hydrogen) atoms. The summed E-state index contributed by atoms with van der Waals surface area (Å²) in [5.41, 5.74) is 0.507. The first-order valence-electron chi connectivity index (χ1n) is 5.90. The van der Waals surface area contributed by atoms with Crippen LogP contribution >= 0.6 is 0 Å². The number of aliphatic hydroxyl groups is 2. The maximum absolute atomic E-state index is 11.7. The third kappa shape index (κ3) is 3.43. The first kappa shape index (κ1) is 13.3. The predicted molar refractivity (Wildman–Crippen MR) is 68.1 cm³/mol. The molecule has 2 aromatic rings. The largest absolute Gasteiger partial charge is 0.467 e. The number of carbonyl (C=O) groups is 1. The summed E-state index contributed by atoms with van der Waals surface area (Å²) >= 11 is 0. The second-order valence-corrected chi connectivity index (χ2v) is 4.09. The monoisotopic (exact) mass is 261 g/mol. The van der Waals surface area contributed by atoms with Gasteiger partial charge in [-0.2, -0.15) is 0 Å². The van der Waals surface area contributed by atoms with E-state index in [0.717, 1.165) is 0 Å². The van der Waals surface area contributed by atoms with E-state index < -0.39 is 18.1 Å². The Morgan fingerprint density at radius 1 is 1.16 bits per heavy atom. The number of hydrogen-bond donors (Lipinski definition) is 3. The molecule has 5 nitrogen and oxygen atoms in total. The van der Waals surface area contributed by atoms with E-state index in [1.165, 1.54) is 6.26 Å². The van der Waals surface area contributed by atoms with E-state index in [2.05, 4.69) is 5.32 Å². The van der Waals surface area contributed by atoms with Gasteiger partial charge in [0.2, 0.25) is 0 Å². The molecule has 0 saturated heterocycles. The van der Waals surface area contributed by atoms with Crippen molar-refractivity contribution >= 4 is 5.91 Å². The third-order valence-corrected chi connectivity index (χ3v) is 2.70. The highest BCUT2D eigenvalue weighted by atomic mass is 16.4. The molecule has 2 rings (SSSR count). The van der Waals surface area contributed by atoms with Gasteiger partial charge in [0.05, 0.1) is 12.8 Å². The molecule has 0 bridgehead atoms. The van der Waals surface area contributed by atoms with E-state index in [0.29, 0.717) is 11.3 Å². The molecule has 1 heterocycles. The molecule has 0 fully saturated rings. The van der Waals surface area contributed by atoms with Crippen molar-refractivity contribution < 1.29 is 19.4 Å². The summed E-state index contributed by atoms with van der Waals surface area (Å²) in [5.74, 6) is -0.189. The van der Waals surface area contributed by atoms with Crippen LogP contribution in [0.25, 0.3) is 0 Å². The fraction of sp³-hybridized carbons (Fsp3) is 0.214. The summed E-state index contributed by atoms with van der Waals surface area (Å²) in [5, 5.41) is 22.0. The Kier molecular flexibility index (Phi) is 4.33. The molecule has 0 saturated carbocycles. The minimum absolute atomic E-state index is 0.0176. The minimum atomic E-state index is -1.25. The normalized spacial score (nSPS) is 13.8. The molecule has 0 aliphatic rings. The van der Waals surface area contributed by atoms with Gasteiger partial charge in [0, 0.05) is 0 Å². The zero-order chi connectivity index (χ0) is 13.7. The van der Waals surface area contributed by atoms with Gasteiger partial charge in [-0.1, -0.05) is 30.3 Å². The zero-order valence-corrected chi connectivity index (χ0v) is 10.2. The number of aliphatic hydroxyl groups excluding tert-OH is 2. The van der Waals surface area contributed by atoms with Crippen LogP contribution in [0, 0.1) is 0 Å². The predicted octanol–water partition coefficient (Wildman–Crippen LogP) is 1.16. The molecule has 1 amide bonds. The first-order valence-corrected chi connectivity index (χ1v) is 5.90. The topological polar surface area (TPSA) is 82.7 Å². The van der Waals surface area contributed by atoms with Crippen molar-refractivity contribution in [2.24, 2.45) is 0 Å². The molecule has 3 N–H and O–H groups in total. The molecule has 0 radical (unpaired) electrons. The SMILES string of the molecule is O=C(NCC(O)c1ccco1)[C@@H](O)c1ccccc1. The van der Waals surface area contributed by atoms with Gasteiger partial charge in [-0.25, -0.2) is 0 Å². The van der Waals surface area contributed by atoms with Crippen molar-refractivity contribution in [3.8, 4) is 0 Å². The lowest BCUT2D eigenvalue weighted by atomic mass is 10.1. The van der Waals surface area contributed by atoms with Gasteiger partial charge in [-0.3, -0.25) is 4.79 Å². The van der Waals surface area contributed by atoms with Crippen molar-refractivity contribution in [3.05, 3.63) is 60.1 Å². The number of amides is 1. The summed E-state index contributed by atoms with van der Waals surface area (Å²) < 4.78 is 5.01. The Morgan fingerprint density at radius 2 is 1.89 bits per heavy atom. The molecule has 1 aromatic heterocycles. The summed E-state index contributed by atoms with van der Waals surface area (Å²) in [6.07, 6.45) is -0.731. The van der Waals surface area contributed by atoms with E-state index >= 15 is 0 Å². The number of furan rings is 1. The van der Waals surface area contributed by atoms with Gasteiger partial charge >= 0.3 is 0 Å². The van der Waals surface area contributed by atoms with Crippen LogP contribution in [0.2, 0.25) is 0 Å². The van der Waals surface area contributed by atoms with Crippen LogP contribution in [-0.4, -0.2) is 22.7 Å². The van der Waals surface area contributed by atoms with Gasteiger partial charge in [-0.15, -0.1) is 0 Å².